The van der Waals surface area contributed by atoms with E-state index >= 15 is 0 Å². The lowest BCUT2D eigenvalue weighted by molar-refractivity contribution is -0.385. The van der Waals surface area contributed by atoms with Crippen LogP contribution in [0.2, 0.25) is 0 Å². The Morgan fingerprint density at radius 2 is 1.85 bits per heavy atom. The van der Waals surface area contributed by atoms with E-state index in [1.165, 1.54) is 12.4 Å². The minimum absolute atomic E-state index is 0.106. The summed E-state index contributed by atoms with van der Waals surface area (Å²) < 4.78 is 7.36. The Bertz CT molecular complexity index is 1080. The molecular formula is C19H13N5O3. The maximum Gasteiger partial charge on any atom is 0.312 e. The van der Waals surface area contributed by atoms with E-state index in [1.807, 2.05) is 30.3 Å². The van der Waals surface area contributed by atoms with Gasteiger partial charge in [-0.3, -0.25) is 14.7 Å². The molecule has 0 amide bonds. The molecule has 8 nitrogen and oxygen atoms in total. The highest BCUT2D eigenvalue weighted by molar-refractivity contribution is 5.69. The molecule has 4 aromatic rings. The number of nitro groups is 1. The number of nitrogens with zero attached hydrogens (tertiary/aromatic N) is 5. The van der Waals surface area contributed by atoms with Crippen LogP contribution in [-0.4, -0.2) is 24.4 Å². The zero-order valence-electron chi connectivity index (χ0n) is 14.0. The number of ether oxygens (including phenoxy) is 1. The van der Waals surface area contributed by atoms with Crippen LogP contribution in [0.4, 0.5) is 5.69 Å². The molecule has 0 saturated carbocycles. The zero-order valence-corrected chi connectivity index (χ0v) is 14.0. The number of benzene rings is 2. The largest absolute Gasteiger partial charge is 0.432 e. The van der Waals surface area contributed by atoms with Crippen LogP contribution in [0.15, 0.2) is 79.6 Å². The predicted molar refractivity (Wildman–Crippen MR) is 97.8 cm³/mol. The van der Waals surface area contributed by atoms with Crippen molar-refractivity contribution in [1.82, 2.24) is 19.5 Å². The molecule has 0 bridgehead atoms. The highest BCUT2D eigenvalue weighted by Gasteiger charge is 2.18. The third-order valence-corrected chi connectivity index (χ3v) is 3.87. The molecule has 0 radical (unpaired) electrons. The Morgan fingerprint density at radius 1 is 1.00 bits per heavy atom. The second-order valence-electron chi connectivity index (χ2n) is 5.59. The van der Waals surface area contributed by atoms with E-state index in [-0.39, 0.29) is 17.3 Å². The summed E-state index contributed by atoms with van der Waals surface area (Å²) in [6.45, 7) is 0. The number of nitro benzene ring substituents is 1. The monoisotopic (exact) mass is 359 g/mol. The maximum absolute atomic E-state index is 11.5. The number of hydrogen-bond acceptors (Lipinski definition) is 6. The van der Waals surface area contributed by atoms with E-state index in [1.54, 1.807) is 41.5 Å². The first-order valence-electron chi connectivity index (χ1n) is 8.03. The van der Waals surface area contributed by atoms with Gasteiger partial charge in [0.15, 0.2) is 0 Å². The molecule has 2 aromatic heterocycles. The Labute approximate surface area is 153 Å². The van der Waals surface area contributed by atoms with Crippen molar-refractivity contribution >= 4 is 5.69 Å². The van der Waals surface area contributed by atoms with Gasteiger partial charge in [-0.25, -0.2) is 15.0 Å². The number of rotatable bonds is 5. The van der Waals surface area contributed by atoms with Crippen LogP contribution in [0.3, 0.4) is 0 Å². The second-order valence-corrected chi connectivity index (χ2v) is 5.59. The van der Waals surface area contributed by atoms with Crippen molar-refractivity contribution in [3.8, 4) is 28.6 Å². The fourth-order valence-corrected chi connectivity index (χ4v) is 2.59. The van der Waals surface area contributed by atoms with Crippen LogP contribution in [0.5, 0.6) is 11.6 Å². The molecule has 2 heterocycles. The van der Waals surface area contributed by atoms with Crippen molar-refractivity contribution < 1.29 is 9.66 Å². The molecule has 2 aromatic carbocycles. The van der Waals surface area contributed by atoms with Gasteiger partial charge in [0.2, 0.25) is 11.6 Å². The number of imidazole rings is 1. The number of aromatic nitrogens is 4. The first-order chi connectivity index (χ1) is 13.2. The van der Waals surface area contributed by atoms with Gasteiger partial charge in [-0.1, -0.05) is 36.4 Å². The summed E-state index contributed by atoms with van der Waals surface area (Å²) in [6.07, 6.45) is 6.26. The average Bonchev–Trinajstić information content (AvgIpc) is 3.24. The molecule has 0 atom stereocenters. The fourth-order valence-electron chi connectivity index (χ4n) is 2.59. The normalized spacial score (nSPS) is 10.5. The van der Waals surface area contributed by atoms with E-state index in [9.17, 15) is 10.1 Å². The summed E-state index contributed by atoms with van der Waals surface area (Å²) in [5.41, 5.74) is 1.48. The third kappa shape index (κ3) is 3.49. The van der Waals surface area contributed by atoms with Gasteiger partial charge in [0.1, 0.15) is 18.5 Å². The second kappa shape index (κ2) is 7.04. The summed E-state index contributed by atoms with van der Waals surface area (Å²) in [5, 5.41) is 11.5. The topological polar surface area (TPSA) is 96.0 Å². The van der Waals surface area contributed by atoms with Crippen LogP contribution in [-0.2, 0) is 0 Å². The molecule has 0 saturated heterocycles. The highest BCUT2D eigenvalue weighted by Crippen LogP contribution is 2.34. The lowest BCUT2D eigenvalue weighted by Gasteiger charge is -2.08. The maximum atomic E-state index is 11.5. The van der Waals surface area contributed by atoms with Crippen LogP contribution in [0.1, 0.15) is 0 Å². The molecule has 0 aliphatic rings. The van der Waals surface area contributed by atoms with Gasteiger partial charge in [-0.2, -0.15) is 0 Å². The van der Waals surface area contributed by atoms with Gasteiger partial charge in [-0.05, 0) is 17.2 Å². The molecule has 4 rings (SSSR count). The van der Waals surface area contributed by atoms with E-state index < -0.39 is 4.92 Å². The summed E-state index contributed by atoms with van der Waals surface area (Å²) in [7, 11) is 0. The van der Waals surface area contributed by atoms with Gasteiger partial charge >= 0.3 is 5.69 Å². The van der Waals surface area contributed by atoms with Gasteiger partial charge in [0.25, 0.3) is 0 Å². The first-order valence-corrected chi connectivity index (χ1v) is 8.03. The molecule has 0 spiro atoms. The molecule has 0 aliphatic heterocycles. The Kier molecular flexibility index (Phi) is 4.28. The van der Waals surface area contributed by atoms with Crippen molar-refractivity contribution in [3.63, 3.8) is 0 Å². The smallest absolute Gasteiger partial charge is 0.312 e. The van der Waals surface area contributed by atoms with Crippen LogP contribution >= 0.6 is 0 Å². The van der Waals surface area contributed by atoms with E-state index in [0.29, 0.717) is 5.82 Å². The summed E-state index contributed by atoms with van der Waals surface area (Å²) >= 11 is 0. The quantitative estimate of drug-likeness (QED) is 0.394. The zero-order chi connectivity index (χ0) is 18.6. The first kappa shape index (κ1) is 16.4. The minimum atomic E-state index is -0.472. The SMILES string of the molecule is O=[N+]([O-])c1cc(-c2ccccc2)ccc1Oc1cc(-n2ccnc2)ncn1. The van der Waals surface area contributed by atoms with E-state index in [4.69, 9.17) is 4.74 Å². The van der Waals surface area contributed by atoms with E-state index in [2.05, 4.69) is 15.0 Å². The van der Waals surface area contributed by atoms with Crippen molar-refractivity contribution in [3.05, 3.63) is 89.8 Å². The van der Waals surface area contributed by atoms with E-state index in [0.717, 1.165) is 11.1 Å². The minimum Gasteiger partial charge on any atom is -0.432 e. The summed E-state index contributed by atoms with van der Waals surface area (Å²) in [4.78, 5) is 23.2. The molecule has 132 valence electrons. The predicted octanol–water partition coefficient (Wildman–Crippen LogP) is 4.03. The Morgan fingerprint density at radius 3 is 2.59 bits per heavy atom. The molecule has 0 N–H and O–H groups in total. The fraction of sp³-hybridized carbons (Fsp3) is 0. The molecule has 0 aliphatic carbocycles. The van der Waals surface area contributed by atoms with Gasteiger partial charge in [0.05, 0.1) is 4.92 Å². The van der Waals surface area contributed by atoms with Crippen molar-refractivity contribution in [2.45, 2.75) is 0 Å². The van der Waals surface area contributed by atoms with Gasteiger partial charge in [-0.15, -0.1) is 0 Å². The van der Waals surface area contributed by atoms with Gasteiger partial charge in [0, 0.05) is 24.5 Å². The van der Waals surface area contributed by atoms with Crippen LogP contribution in [0.25, 0.3) is 16.9 Å². The molecular weight excluding hydrogens is 346 g/mol. The van der Waals surface area contributed by atoms with Crippen molar-refractivity contribution in [1.29, 1.82) is 0 Å². The van der Waals surface area contributed by atoms with Crippen LogP contribution in [0, 0.1) is 10.1 Å². The summed E-state index contributed by atoms with van der Waals surface area (Å²) in [6, 6.07) is 15.8. The van der Waals surface area contributed by atoms with Crippen LogP contribution < -0.4 is 4.74 Å². The molecule has 0 unspecified atom stereocenters. The lowest BCUT2D eigenvalue weighted by Crippen LogP contribution is -1.99. The average molecular weight is 359 g/mol. The standard InChI is InChI=1S/C19H13N5O3/c25-24(26)16-10-15(14-4-2-1-3-5-14)6-7-17(16)27-19-11-18(21-12-22-19)23-9-8-20-13-23/h1-13H. The molecule has 8 heteroatoms. The van der Waals surface area contributed by atoms with Crippen molar-refractivity contribution in [2.24, 2.45) is 0 Å². The summed E-state index contributed by atoms with van der Waals surface area (Å²) in [5.74, 6) is 0.847. The number of hydrogen-bond donors (Lipinski definition) is 0. The Hall–Kier alpha value is -4.07. The molecule has 27 heavy (non-hydrogen) atoms. The highest BCUT2D eigenvalue weighted by atomic mass is 16.6. The molecule has 0 fully saturated rings. The van der Waals surface area contributed by atoms with Gasteiger partial charge < -0.3 is 4.74 Å². The lowest BCUT2D eigenvalue weighted by atomic mass is 10.0. The van der Waals surface area contributed by atoms with Crippen molar-refractivity contribution in [2.75, 3.05) is 0 Å². The third-order valence-electron chi connectivity index (χ3n) is 3.87. The Balaban J connectivity index is 1.68.